The van der Waals surface area contributed by atoms with Gasteiger partial charge in [0, 0.05) is 31.3 Å². The van der Waals surface area contributed by atoms with Gasteiger partial charge in [0.15, 0.2) is 5.76 Å². The number of piperidine rings is 1. The maximum absolute atomic E-state index is 12.9. The molecule has 1 aromatic heterocycles. The minimum atomic E-state index is -3.63. The summed E-state index contributed by atoms with van der Waals surface area (Å²) in [4.78, 5) is 0.213. The minimum absolute atomic E-state index is 0.000895. The van der Waals surface area contributed by atoms with E-state index >= 15 is 0 Å². The summed E-state index contributed by atoms with van der Waals surface area (Å²) in [5.74, 6) is 0.427. The molecular formula is C15H18N2O4S. The van der Waals surface area contributed by atoms with Crippen molar-refractivity contribution in [2.24, 2.45) is 5.92 Å². The van der Waals surface area contributed by atoms with Gasteiger partial charge in [0.1, 0.15) is 0 Å². The van der Waals surface area contributed by atoms with Gasteiger partial charge in [-0.15, -0.1) is 0 Å². The third-order valence-electron chi connectivity index (χ3n) is 3.95. The molecule has 1 atom stereocenters. The Hall–Kier alpha value is -1.70. The van der Waals surface area contributed by atoms with Crippen LogP contribution in [0.2, 0.25) is 0 Å². The maximum Gasteiger partial charge on any atom is 0.243 e. The normalized spacial score (nSPS) is 20.1. The highest BCUT2D eigenvalue weighted by molar-refractivity contribution is 7.89. The molecule has 7 heteroatoms. The van der Waals surface area contributed by atoms with Crippen molar-refractivity contribution in [1.82, 2.24) is 9.46 Å². The molecule has 1 aromatic carbocycles. The topological polar surface area (TPSA) is 83.6 Å². The highest BCUT2D eigenvalue weighted by Crippen LogP contribution is 2.31. The second kappa shape index (κ2) is 6.20. The first-order valence-corrected chi connectivity index (χ1v) is 8.68. The highest BCUT2D eigenvalue weighted by Gasteiger charge is 2.32. The van der Waals surface area contributed by atoms with Crippen LogP contribution in [0.1, 0.15) is 12.8 Å². The predicted molar refractivity (Wildman–Crippen MR) is 80.5 cm³/mol. The Morgan fingerprint density at radius 3 is 2.86 bits per heavy atom. The van der Waals surface area contributed by atoms with Crippen LogP contribution in [0.25, 0.3) is 11.3 Å². The van der Waals surface area contributed by atoms with Gasteiger partial charge in [-0.3, -0.25) is 0 Å². The zero-order valence-corrected chi connectivity index (χ0v) is 12.9. The van der Waals surface area contributed by atoms with E-state index in [0.29, 0.717) is 24.4 Å². The van der Waals surface area contributed by atoms with Gasteiger partial charge < -0.3 is 9.63 Å². The van der Waals surface area contributed by atoms with Crippen LogP contribution >= 0.6 is 0 Å². The summed E-state index contributed by atoms with van der Waals surface area (Å²) in [6, 6.07) is 8.39. The molecule has 2 heterocycles. The molecule has 1 unspecified atom stereocenters. The SMILES string of the molecule is O=S(=O)(c1ccccc1-c1ccno1)N1CCCC(CO)C1. The van der Waals surface area contributed by atoms with E-state index in [1.807, 2.05) is 0 Å². The van der Waals surface area contributed by atoms with Crippen LogP contribution in [0, 0.1) is 5.92 Å². The Balaban J connectivity index is 1.99. The predicted octanol–water partition coefficient (Wildman–Crippen LogP) is 1.73. The lowest BCUT2D eigenvalue weighted by Gasteiger charge is -2.31. The first-order chi connectivity index (χ1) is 10.6. The molecule has 0 spiro atoms. The highest BCUT2D eigenvalue weighted by atomic mass is 32.2. The number of aromatic nitrogens is 1. The molecule has 1 aliphatic heterocycles. The van der Waals surface area contributed by atoms with Gasteiger partial charge >= 0.3 is 0 Å². The monoisotopic (exact) mass is 322 g/mol. The summed E-state index contributed by atoms with van der Waals surface area (Å²) in [6.45, 7) is 0.836. The van der Waals surface area contributed by atoms with Gasteiger partial charge in [-0.25, -0.2) is 8.42 Å². The van der Waals surface area contributed by atoms with Crippen LogP contribution in [0.5, 0.6) is 0 Å². The minimum Gasteiger partial charge on any atom is -0.396 e. The van der Waals surface area contributed by atoms with Gasteiger partial charge in [0.2, 0.25) is 10.0 Å². The number of aliphatic hydroxyl groups excluding tert-OH is 1. The van der Waals surface area contributed by atoms with E-state index in [0.717, 1.165) is 12.8 Å². The molecule has 3 rings (SSSR count). The second-order valence-corrected chi connectivity index (χ2v) is 7.33. The fourth-order valence-corrected chi connectivity index (χ4v) is 4.53. The lowest BCUT2D eigenvalue weighted by Crippen LogP contribution is -2.41. The van der Waals surface area contributed by atoms with Crippen LogP contribution in [0.4, 0.5) is 0 Å². The molecule has 2 aromatic rings. The van der Waals surface area contributed by atoms with E-state index in [2.05, 4.69) is 5.16 Å². The average molecular weight is 322 g/mol. The van der Waals surface area contributed by atoms with Crippen molar-refractivity contribution in [3.8, 4) is 11.3 Å². The van der Waals surface area contributed by atoms with Crippen LogP contribution in [0.3, 0.4) is 0 Å². The van der Waals surface area contributed by atoms with E-state index in [9.17, 15) is 13.5 Å². The Morgan fingerprint density at radius 1 is 1.32 bits per heavy atom. The molecule has 0 aliphatic carbocycles. The fourth-order valence-electron chi connectivity index (χ4n) is 2.78. The summed E-state index contributed by atoms with van der Waals surface area (Å²) in [7, 11) is -3.63. The number of rotatable bonds is 4. The second-order valence-electron chi connectivity index (χ2n) is 5.43. The van der Waals surface area contributed by atoms with E-state index in [-0.39, 0.29) is 17.4 Å². The Morgan fingerprint density at radius 2 is 2.14 bits per heavy atom. The molecule has 1 N–H and O–H groups in total. The first-order valence-electron chi connectivity index (χ1n) is 7.24. The van der Waals surface area contributed by atoms with Gasteiger partial charge in [-0.1, -0.05) is 17.3 Å². The number of hydrogen-bond acceptors (Lipinski definition) is 5. The molecule has 1 aliphatic rings. The molecule has 1 saturated heterocycles. The molecule has 6 nitrogen and oxygen atoms in total. The standard InChI is InChI=1S/C15H18N2O4S/c18-11-12-4-3-9-17(10-12)22(19,20)15-6-2-1-5-13(15)14-7-8-16-21-14/h1-2,5-8,12,18H,3-4,9-11H2. The van der Waals surface area contributed by atoms with Gasteiger partial charge in [-0.2, -0.15) is 4.31 Å². The molecule has 22 heavy (non-hydrogen) atoms. The summed E-state index contributed by atoms with van der Waals surface area (Å²) in [5.41, 5.74) is 0.506. The zero-order valence-electron chi connectivity index (χ0n) is 12.1. The van der Waals surface area contributed by atoms with Crippen molar-refractivity contribution in [3.05, 3.63) is 36.5 Å². The van der Waals surface area contributed by atoms with E-state index < -0.39 is 10.0 Å². The smallest absolute Gasteiger partial charge is 0.243 e. The number of sulfonamides is 1. The molecule has 118 valence electrons. The summed E-state index contributed by atoms with van der Waals surface area (Å²) in [6.07, 6.45) is 3.10. The van der Waals surface area contributed by atoms with Crippen LogP contribution in [0.15, 0.2) is 45.9 Å². The molecule has 0 radical (unpaired) electrons. The molecule has 0 bridgehead atoms. The molecule has 0 amide bonds. The van der Waals surface area contributed by atoms with Crippen LogP contribution in [-0.4, -0.2) is 42.7 Å². The first kappa shape index (κ1) is 15.2. The van der Waals surface area contributed by atoms with Crippen molar-refractivity contribution >= 4 is 10.0 Å². The fraction of sp³-hybridized carbons (Fsp3) is 0.400. The van der Waals surface area contributed by atoms with Gasteiger partial charge in [0.25, 0.3) is 0 Å². The van der Waals surface area contributed by atoms with Gasteiger partial charge in [-0.05, 0) is 30.9 Å². The van der Waals surface area contributed by atoms with Crippen molar-refractivity contribution < 1.29 is 18.0 Å². The third-order valence-corrected chi connectivity index (χ3v) is 5.87. The Labute approximate surface area is 129 Å². The Kier molecular flexibility index (Phi) is 4.28. The number of nitrogens with zero attached hydrogens (tertiary/aromatic N) is 2. The molecule has 0 saturated carbocycles. The molecule has 1 fully saturated rings. The number of hydrogen-bond donors (Lipinski definition) is 1. The van der Waals surface area contributed by atoms with E-state index in [1.54, 1.807) is 30.3 Å². The van der Waals surface area contributed by atoms with Crippen molar-refractivity contribution in [2.45, 2.75) is 17.7 Å². The van der Waals surface area contributed by atoms with Gasteiger partial charge in [0.05, 0.1) is 11.1 Å². The summed E-state index contributed by atoms with van der Waals surface area (Å²) in [5, 5.41) is 12.9. The van der Waals surface area contributed by atoms with Crippen molar-refractivity contribution in [2.75, 3.05) is 19.7 Å². The quantitative estimate of drug-likeness (QED) is 0.927. The maximum atomic E-state index is 12.9. The Bertz CT molecular complexity index is 728. The average Bonchev–Trinajstić information content (AvgIpc) is 3.09. The molecular weight excluding hydrogens is 304 g/mol. The number of aliphatic hydroxyl groups is 1. The van der Waals surface area contributed by atoms with Crippen molar-refractivity contribution in [1.29, 1.82) is 0 Å². The number of benzene rings is 1. The summed E-state index contributed by atoms with van der Waals surface area (Å²) < 4.78 is 32.5. The van der Waals surface area contributed by atoms with E-state index in [4.69, 9.17) is 4.52 Å². The largest absolute Gasteiger partial charge is 0.396 e. The third kappa shape index (κ3) is 2.79. The van der Waals surface area contributed by atoms with Crippen LogP contribution < -0.4 is 0 Å². The van der Waals surface area contributed by atoms with E-state index in [1.165, 1.54) is 10.5 Å². The summed E-state index contributed by atoms with van der Waals surface area (Å²) >= 11 is 0. The van der Waals surface area contributed by atoms with Crippen LogP contribution in [-0.2, 0) is 10.0 Å². The lowest BCUT2D eigenvalue weighted by molar-refractivity contribution is 0.165. The zero-order chi connectivity index (χ0) is 15.6. The lowest BCUT2D eigenvalue weighted by atomic mass is 10.0. The van der Waals surface area contributed by atoms with Crippen molar-refractivity contribution in [3.63, 3.8) is 0 Å².